The van der Waals surface area contributed by atoms with Crippen LogP contribution in [0.2, 0.25) is 0 Å². The van der Waals surface area contributed by atoms with Crippen LogP contribution < -0.4 is 0 Å². The summed E-state index contributed by atoms with van der Waals surface area (Å²) in [7, 11) is 6.32. The van der Waals surface area contributed by atoms with E-state index in [0.29, 0.717) is 12.6 Å². The lowest BCUT2D eigenvalue weighted by atomic mass is 9.93. The zero-order valence-electron chi connectivity index (χ0n) is 22.1. The van der Waals surface area contributed by atoms with E-state index in [0.717, 1.165) is 19.7 Å². The highest BCUT2D eigenvalue weighted by molar-refractivity contribution is 6.11. The summed E-state index contributed by atoms with van der Waals surface area (Å²) in [6.07, 6.45) is 24.2. The summed E-state index contributed by atoms with van der Waals surface area (Å²) in [6, 6.07) is 0.489. The maximum Gasteiger partial charge on any atom is 0.110 e. The number of morpholine rings is 1. The largest absolute Gasteiger partial charge is 0.380 e. The lowest BCUT2D eigenvalue weighted by molar-refractivity contribution is -0.0965. The summed E-state index contributed by atoms with van der Waals surface area (Å²) in [6.45, 7) is 10.3. The molecule has 2 unspecified atom stereocenters. The van der Waals surface area contributed by atoms with Crippen LogP contribution in [0.5, 0.6) is 0 Å². The molecule has 2 atom stereocenters. The molecule has 1 heterocycles. The third kappa shape index (κ3) is 15.7. The molecule has 0 saturated carbocycles. The second-order valence-electron chi connectivity index (χ2n) is 10.2. The third-order valence-electron chi connectivity index (χ3n) is 6.96. The lowest BCUT2D eigenvalue weighted by Gasteiger charge is -2.41. The SMILES string of the molecule is [B]C1CN(C(CCCCCCC)CCCCCCC)CC(COCCCCCCCC)O1. The van der Waals surface area contributed by atoms with Gasteiger partial charge in [-0.25, -0.2) is 0 Å². The van der Waals surface area contributed by atoms with Gasteiger partial charge in [0.25, 0.3) is 0 Å². The Morgan fingerprint density at radius 1 is 0.719 bits per heavy atom. The zero-order chi connectivity index (χ0) is 23.3. The average Bonchev–Trinajstić information content (AvgIpc) is 2.78. The van der Waals surface area contributed by atoms with E-state index in [2.05, 4.69) is 25.7 Å². The predicted molar refractivity (Wildman–Crippen MR) is 141 cm³/mol. The smallest absolute Gasteiger partial charge is 0.110 e. The van der Waals surface area contributed by atoms with Gasteiger partial charge in [0.05, 0.1) is 12.7 Å². The van der Waals surface area contributed by atoms with E-state index < -0.39 is 0 Å². The third-order valence-corrected chi connectivity index (χ3v) is 6.96. The van der Waals surface area contributed by atoms with Gasteiger partial charge in [0.15, 0.2) is 0 Å². The van der Waals surface area contributed by atoms with Gasteiger partial charge >= 0.3 is 0 Å². The minimum atomic E-state index is -0.172. The second-order valence-corrected chi connectivity index (χ2v) is 10.2. The zero-order valence-corrected chi connectivity index (χ0v) is 22.1. The molecule has 1 fully saturated rings. The Morgan fingerprint density at radius 3 is 1.78 bits per heavy atom. The van der Waals surface area contributed by atoms with Gasteiger partial charge in [-0.1, -0.05) is 117 Å². The minimum absolute atomic E-state index is 0.126. The van der Waals surface area contributed by atoms with Crippen LogP contribution in [0.1, 0.15) is 136 Å². The molecule has 2 radical (unpaired) electrons. The summed E-state index contributed by atoms with van der Waals surface area (Å²) in [4.78, 5) is 2.65. The van der Waals surface area contributed by atoms with Crippen molar-refractivity contribution in [3.63, 3.8) is 0 Å². The summed E-state index contributed by atoms with van der Waals surface area (Å²) >= 11 is 0. The maximum atomic E-state index is 6.32. The Bertz CT molecular complexity index is 382. The van der Waals surface area contributed by atoms with Gasteiger partial charge in [0.2, 0.25) is 0 Å². The van der Waals surface area contributed by atoms with Crippen LogP contribution in [0.15, 0.2) is 0 Å². The van der Waals surface area contributed by atoms with Gasteiger partial charge in [0.1, 0.15) is 7.85 Å². The van der Waals surface area contributed by atoms with Gasteiger partial charge in [-0.2, -0.15) is 0 Å². The molecular weight excluding hydrogens is 393 g/mol. The number of hydrogen-bond acceptors (Lipinski definition) is 3. The Kier molecular flexibility index (Phi) is 20.1. The molecule has 0 N–H and O–H groups in total. The van der Waals surface area contributed by atoms with Gasteiger partial charge in [-0.15, -0.1) is 0 Å². The molecule has 3 nitrogen and oxygen atoms in total. The van der Waals surface area contributed by atoms with Crippen LogP contribution >= 0.6 is 0 Å². The van der Waals surface area contributed by atoms with Gasteiger partial charge in [-0.3, -0.25) is 4.90 Å². The molecule has 0 aromatic heterocycles. The van der Waals surface area contributed by atoms with Crippen molar-refractivity contribution >= 4 is 7.85 Å². The molecule has 0 aromatic carbocycles. The topological polar surface area (TPSA) is 21.7 Å². The fourth-order valence-corrected chi connectivity index (χ4v) is 4.97. The number of unbranched alkanes of at least 4 members (excludes halogenated alkanes) is 13. The first-order valence-electron chi connectivity index (χ1n) is 14.4. The lowest BCUT2D eigenvalue weighted by Crippen LogP contribution is -2.53. The Labute approximate surface area is 203 Å². The van der Waals surface area contributed by atoms with Crippen molar-refractivity contribution in [1.82, 2.24) is 4.90 Å². The Balaban J connectivity index is 2.38. The molecule has 0 aromatic rings. The van der Waals surface area contributed by atoms with E-state index in [-0.39, 0.29) is 12.1 Å². The average molecular weight is 450 g/mol. The fourth-order valence-electron chi connectivity index (χ4n) is 4.97. The summed E-state index contributed by atoms with van der Waals surface area (Å²) < 4.78 is 12.1. The van der Waals surface area contributed by atoms with Crippen LogP contribution in [0.4, 0.5) is 0 Å². The van der Waals surface area contributed by atoms with Crippen molar-refractivity contribution in [2.75, 3.05) is 26.3 Å². The van der Waals surface area contributed by atoms with Crippen LogP contribution in [0, 0.1) is 0 Å². The van der Waals surface area contributed by atoms with E-state index in [4.69, 9.17) is 17.3 Å². The Hall–Kier alpha value is -0.0551. The van der Waals surface area contributed by atoms with Crippen molar-refractivity contribution in [3.05, 3.63) is 0 Å². The minimum Gasteiger partial charge on any atom is -0.380 e. The van der Waals surface area contributed by atoms with Crippen molar-refractivity contribution in [2.45, 2.75) is 154 Å². The van der Waals surface area contributed by atoms with Crippen LogP contribution in [0.25, 0.3) is 0 Å². The van der Waals surface area contributed by atoms with Crippen LogP contribution in [-0.4, -0.2) is 57.2 Å². The van der Waals surface area contributed by atoms with Crippen LogP contribution in [0.3, 0.4) is 0 Å². The number of ether oxygens (including phenoxy) is 2. The maximum absolute atomic E-state index is 6.32. The van der Waals surface area contributed by atoms with E-state index in [1.54, 1.807) is 0 Å². The first kappa shape index (κ1) is 30.0. The van der Waals surface area contributed by atoms with Crippen molar-refractivity contribution in [1.29, 1.82) is 0 Å². The predicted octanol–water partition coefficient (Wildman–Crippen LogP) is 7.65. The molecule has 4 heteroatoms. The van der Waals surface area contributed by atoms with E-state index in [1.165, 1.54) is 116 Å². The van der Waals surface area contributed by atoms with E-state index in [1.807, 2.05) is 0 Å². The molecule has 1 aliphatic heterocycles. The summed E-state index contributed by atoms with van der Waals surface area (Å²) in [5.41, 5.74) is 0. The monoisotopic (exact) mass is 449 g/mol. The van der Waals surface area contributed by atoms with Crippen molar-refractivity contribution in [3.8, 4) is 0 Å². The number of hydrogen-bond donors (Lipinski definition) is 0. The molecule has 1 saturated heterocycles. The molecule has 188 valence electrons. The molecule has 0 spiro atoms. The van der Waals surface area contributed by atoms with Gasteiger partial charge < -0.3 is 9.47 Å². The number of rotatable bonds is 22. The molecular formula is C28H56BNO2. The standard InChI is InChI=1S/C28H56BNO2/c1-4-7-10-13-16-19-22-31-25-27-23-30(24-28(29)32-27)26(20-17-14-11-8-5-2)21-18-15-12-9-6-3/h26-28H,4-25H2,1-3H3. The highest BCUT2D eigenvalue weighted by Crippen LogP contribution is 2.22. The molecule has 32 heavy (non-hydrogen) atoms. The quantitative estimate of drug-likeness (QED) is 0.125. The highest BCUT2D eigenvalue weighted by atomic mass is 16.5. The van der Waals surface area contributed by atoms with Gasteiger partial charge in [-0.05, 0) is 19.3 Å². The molecule has 0 amide bonds. The summed E-state index contributed by atoms with van der Waals surface area (Å²) in [5, 5.41) is 0. The molecule has 0 bridgehead atoms. The fraction of sp³-hybridized carbons (Fsp3) is 1.00. The Morgan fingerprint density at radius 2 is 1.22 bits per heavy atom. The van der Waals surface area contributed by atoms with Crippen molar-refractivity contribution < 1.29 is 9.47 Å². The van der Waals surface area contributed by atoms with Gasteiger partial charge in [0, 0.05) is 31.7 Å². The first-order valence-corrected chi connectivity index (χ1v) is 14.4. The molecule has 1 aliphatic rings. The summed E-state index contributed by atoms with van der Waals surface area (Å²) in [5.74, 6) is 0. The van der Waals surface area contributed by atoms with E-state index >= 15 is 0 Å². The highest BCUT2D eigenvalue weighted by Gasteiger charge is 2.29. The van der Waals surface area contributed by atoms with E-state index in [9.17, 15) is 0 Å². The second kappa shape index (κ2) is 21.5. The molecule has 1 rings (SSSR count). The number of nitrogens with zero attached hydrogens (tertiary/aromatic N) is 1. The van der Waals surface area contributed by atoms with Crippen LogP contribution in [-0.2, 0) is 9.47 Å². The molecule has 0 aliphatic carbocycles. The van der Waals surface area contributed by atoms with Crippen molar-refractivity contribution in [2.24, 2.45) is 0 Å². The normalized spacial score (nSPS) is 19.8. The first-order chi connectivity index (χ1) is 15.7.